The van der Waals surface area contributed by atoms with E-state index in [-0.39, 0.29) is 54.2 Å². The Morgan fingerprint density at radius 3 is 2.23 bits per heavy atom. The van der Waals surface area contributed by atoms with Crippen molar-refractivity contribution in [3.8, 4) is 12.3 Å². The number of carbonyl (C=O) groups is 5. The lowest BCUT2D eigenvalue weighted by molar-refractivity contribution is -0.145. The molecule has 2 aliphatic carbocycles. The molecule has 3 amide bonds. The van der Waals surface area contributed by atoms with Gasteiger partial charge >= 0.3 is 0 Å². The van der Waals surface area contributed by atoms with E-state index in [0.717, 1.165) is 16.7 Å². The summed E-state index contributed by atoms with van der Waals surface area (Å²) in [6.07, 6.45) is 11.1. The van der Waals surface area contributed by atoms with Crippen LogP contribution in [0.4, 0.5) is 0 Å². The number of benzene rings is 2. The predicted octanol–water partition coefficient (Wildman–Crippen LogP) is 4.15. The maximum atomic E-state index is 14.6. The number of nitrogens with one attached hydrogen (secondary N) is 2. The van der Waals surface area contributed by atoms with Crippen molar-refractivity contribution in [1.82, 2.24) is 15.5 Å². The normalized spacial score (nSPS) is 21.5. The van der Waals surface area contributed by atoms with Gasteiger partial charge in [0.15, 0.2) is 0 Å². The third kappa shape index (κ3) is 7.21. The summed E-state index contributed by atoms with van der Waals surface area (Å²) in [4.78, 5) is 69.7. The van der Waals surface area contributed by atoms with Gasteiger partial charge < -0.3 is 15.5 Å². The molecule has 3 aliphatic rings. The third-order valence-corrected chi connectivity index (χ3v) is 10.5. The smallest absolute Gasteiger partial charge is 0.246 e. The molecule has 1 heterocycles. The number of ketones is 2. The standard InChI is InChI=1S/C40H45N3O5/c1-6-9-15-31(37(46)32(44)16-10-7-2)41-38(47)36-34-30(40(34,4)5)24-43(36)39(48)35(29-22-27-13-11-12-14-28(27)23-29)42-33(45)21-26-19-17-25(8-3)18-20-26/h3,6-7,11-14,17-20,29-31,34-36H,1-2,9-10,15-16,21-24H2,4-5H3,(H,41,47)(H,42,45)/t30?,31?,34?,35-,36-/m0/s1. The minimum absolute atomic E-state index is 0.0216. The summed E-state index contributed by atoms with van der Waals surface area (Å²) in [7, 11) is 0. The van der Waals surface area contributed by atoms with E-state index in [1.807, 2.05) is 24.3 Å². The lowest BCUT2D eigenvalue weighted by Crippen LogP contribution is -2.59. The molecule has 0 bridgehead atoms. The minimum atomic E-state index is -1.02. The zero-order chi connectivity index (χ0) is 34.6. The summed E-state index contributed by atoms with van der Waals surface area (Å²) in [6.45, 7) is 11.9. The van der Waals surface area contributed by atoms with Crippen LogP contribution in [0, 0.1) is 35.5 Å². The molecule has 2 aromatic carbocycles. The van der Waals surface area contributed by atoms with Crippen molar-refractivity contribution in [2.45, 2.75) is 76.9 Å². The van der Waals surface area contributed by atoms with Crippen LogP contribution in [0.3, 0.4) is 0 Å². The number of fused-ring (bicyclic) bond motifs is 2. The number of hydrogen-bond acceptors (Lipinski definition) is 5. The van der Waals surface area contributed by atoms with Gasteiger partial charge in [0.05, 0.1) is 12.5 Å². The van der Waals surface area contributed by atoms with Crippen molar-refractivity contribution >= 4 is 29.3 Å². The van der Waals surface area contributed by atoms with Crippen molar-refractivity contribution in [2.75, 3.05) is 6.54 Å². The Bertz CT molecular complexity index is 1630. The van der Waals surface area contributed by atoms with Gasteiger partial charge in [-0.2, -0.15) is 0 Å². The van der Waals surface area contributed by atoms with Gasteiger partial charge in [0.2, 0.25) is 29.3 Å². The van der Waals surface area contributed by atoms with Crippen LogP contribution in [0.1, 0.15) is 61.8 Å². The third-order valence-electron chi connectivity index (χ3n) is 10.5. The Hall–Kier alpha value is -4.77. The number of carbonyl (C=O) groups excluding carboxylic acids is 5. The maximum absolute atomic E-state index is 14.6. The number of hydrogen-bond donors (Lipinski definition) is 2. The maximum Gasteiger partial charge on any atom is 0.246 e. The molecule has 0 spiro atoms. The molecule has 2 N–H and O–H groups in total. The van der Waals surface area contributed by atoms with Crippen LogP contribution in [0.15, 0.2) is 73.8 Å². The van der Waals surface area contributed by atoms with E-state index in [2.05, 4.69) is 43.6 Å². The van der Waals surface area contributed by atoms with Gasteiger partial charge in [-0.05, 0) is 84.1 Å². The Morgan fingerprint density at radius 2 is 1.62 bits per heavy atom. The van der Waals surface area contributed by atoms with Gasteiger partial charge in [-0.15, -0.1) is 19.6 Å². The van der Waals surface area contributed by atoms with Gasteiger partial charge in [0.25, 0.3) is 0 Å². The summed E-state index contributed by atoms with van der Waals surface area (Å²) in [5.74, 6) is 0.0990. The van der Waals surface area contributed by atoms with E-state index < -0.39 is 35.6 Å². The molecule has 48 heavy (non-hydrogen) atoms. The summed E-state index contributed by atoms with van der Waals surface area (Å²) >= 11 is 0. The molecule has 0 radical (unpaired) electrons. The van der Waals surface area contributed by atoms with E-state index in [0.29, 0.717) is 37.8 Å². The average molecular weight is 648 g/mol. The SMILES string of the molecule is C#Cc1ccc(CC(=O)N[C@H](C(=O)N2CC3C([C@H]2C(=O)NC(CCC=C)C(=O)C(=O)CCC=C)C3(C)C)C2Cc3ccccc3C2)cc1. The number of rotatable bonds is 15. The molecule has 1 aliphatic heterocycles. The first kappa shape index (κ1) is 34.6. The molecule has 0 aromatic heterocycles. The van der Waals surface area contributed by atoms with E-state index in [4.69, 9.17) is 6.42 Å². The van der Waals surface area contributed by atoms with Crippen LogP contribution in [-0.4, -0.2) is 58.9 Å². The number of allylic oxidation sites excluding steroid dienone is 2. The van der Waals surface area contributed by atoms with Crippen molar-refractivity contribution in [3.63, 3.8) is 0 Å². The first-order valence-electron chi connectivity index (χ1n) is 16.8. The van der Waals surface area contributed by atoms with E-state index >= 15 is 0 Å². The van der Waals surface area contributed by atoms with Crippen molar-refractivity contribution in [2.24, 2.45) is 23.2 Å². The fraction of sp³-hybridized carbons (Fsp3) is 0.425. The molecule has 5 atom stereocenters. The zero-order valence-electron chi connectivity index (χ0n) is 27.9. The van der Waals surface area contributed by atoms with Gasteiger partial charge in [0.1, 0.15) is 12.1 Å². The molecular formula is C40H45N3O5. The monoisotopic (exact) mass is 647 g/mol. The average Bonchev–Trinajstić information content (AvgIpc) is 3.44. The van der Waals surface area contributed by atoms with E-state index in [1.54, 1.807) is 41.3 Å². The Labute approximate surface area is 283 Å². The van der Waals surface area contributed by atoms with Crippen LogP contribution in [0.25, 0.3) is 0 Å². The van der Waals surface area contributed by atoms with Gasteiger partial charge in [-0.25, -0.2) is 0 Å². The fourth-order valence-electron chi connectivity index (χ4n) is 7.69. The van der Waals surface area contributed by atoms with E-state index in [9.17, 15) is 24.0 Å². The summed E-state index contributed by atoms with van der Waals surface area (Å²) in [5, 5.41) is 5.92. The number of piperidine rings is 1. The Balaban J connectivity index is 1.39. The number of nitrogens with zero attached hydrogens (tertiary/aromatic N) is 1. The molecular weight excluding hydrogens is 602 g/mol. The molecule has 5 rings (SSSR count). The molecule has 250 valence electrons. The van der Waals surface area contributed by atoms with E-state index in [1.165, 1.54) is 0 Å². The second kappa shape index (κ2) is 14.6. The van der Waals surface area contributed by atoms with Gasteiger partial charge in [-0.3, -0.25) is 24.0 Å². The highest BCUT2D eigenvalue weighted by Gasteiger charge is 2.69. The van der Waals surface area contributed by atoms with Crippen molar-refractivity contribution < 1.29 is 24.0 Å². The molecule has 8 heteroatoms. The van der Waals surface area contributed by atoms with Gasteiger partial charge in [0, 0.05) is 18.5 Å². The van der Waals surface area contributed by atoms with Crippen molar-refractivity contribution in [3.05, 3.63) is 96.1 Å². The molecule has 2 fully saturated rings. The number of amides is 3. The topological polar surface area (TPSA) is 113 Å². The Morgan fingerprint density at radius 1 is 0.979 bits per heavy atom. The zero-order valence-corrected chi connectivity index (χ0v) is 27.9. The fourth-order valence-corrected chi connectivity index (χ4v) is 7.69. The summed E-state index contributed by atoms with van der Waals surface area (Å²) in [6, 6.07) is 12.5. The van der Waals surface area contributed by atoms with Crippen LogP contribution >= 0.6 is 0 Å². The highest BCUT2D eigenvalue weighted by atomic mass is 16.2. The Kier molecular flexibility index (Phi) is 10.5. The molecule has 8 nitrogen and oxygen atoms in total. The minimum Gasteiger partial charge on any atom is -0.344 e. The first-order chi connectivity index (χ1) is 23.0. The number of terminal acetylenes is 1. The summed E-state index contributed by atoms with van der Waals surface area (Å²) in [5.41, 5.74) is 3.59. The van der Waals surface area contributed by atoms with Crippen LogP contribution in [-0.2, 0) is 43.2 Å². The number of Topliss-reactive ketones (excluding diaryl/α,β-unsaturated/α-hetero) is 2. The lowest BCUT2D eigenvalue weighted by atomic mass is 9.92. The second-order valence-corrected chi connectivity index (χ2v) is 13.9. The quantitative estimate of drug-likeness (QED) is 0.171. The lowest BCUT2D eigenvalue weighted by Gasteiger charge is -2.35. The van der Waals surface area contributed by atoms with Crippen LogP contribution < -0.4 is 10.6 Å². The molecule has 1 saturated heterocycles. The van der Waals surface area contributed by atoms with Crippen molar-refractivity contribution in [1.29, 1.82) is 0 Å². The highest BCUT2D eigenvalue weighted by Crippen LogP contribution is 2.65. The molecule has 2 aromatic rings. The van der Waals surface area contributed by atoms with Crippen LogP contribution in [0.5, 0.6) is 0 Å². The largest absolute Gasteiger partial charge is 0.344 e. The first-order valence-corrected chi connectivity index (χ1v) is 16.8. The van der Waals surface area contributed by atoms with Gasteiger partial charge in [-0.1, -0.05) is 68.3 Å². The second-order valence-electron chi connectivity index (χ2n) is 13.9. The highest BCUT2D eigenvalue weighted by molar-refractivity contribution is 6.39. The molecule has 1 saturated carbocycles. The summed E-state index contributed by atoms with van der Waals surface area (Å²) < 4.78 is 0. The van der Waals surface area contributed by atoms with Crippen LogP contribution in [0.2, 0.25) is 0 Å². The number of likely N-dealkylation sites (tertiary alicyclic amines) is 1. The molecule has 3 unspecified atom stereocenters. The predicted molar refractivity (Wildman–Crippen MR) is 184 cm³/mol.